The summed E-state index contributed by atoms with van der Waals surface area (Å²) in [6, 6.07) is 10.9. The summed E-state index contributed by atoms with van der Waals surface area (Å²) in [7, 11) is 0. The van der Waals surface area contributed by atoms with Gasteiger partial charge in [-0.15, -0.1) is 0 Å². The second-order valence-corrected chi connectivity index (χ2v) is 12.5. The highest BCUT2D eigenvalue weighted by molar-refractivity contribution is 5.99. The van der Waals surface area contributed by atoms with E-state index in [1.165, 1.54) is 38.2 Å². The van der Waals surface area contributed by atoms with Crippen molar-refractivity contribution in [3.8, 4) is 17.3 Å². The Morgan fingerprint density at radius 3 is 2.56 bits per heavy atom. The molecule has 0 bridgehead atoms. The maximum Gasteiger partial charge on any atom is 0.319 e. The molecule has 0 spiro atoms. The van der Waals surface area contributed by atoms with Crippen LogP contribution in [0.1, 0.15) is 57.8 Å². The molecule has 2 unspecified atom stereocenters. The lowest BCUT2D eigenvalue weighted by atomic mass is 9.92. The van der Waals surface area contributed by atoms with Gasteiger partial charge in [-0.1, -0.05) is 36.8 Å². The molecule has 4 aromatic rings. The van der Waals surface area contributed by atoms with Crippen LogP contribution in [-0.2, 0) is 0 Å². The molecule has 1 aliphatic carbocycles. The van der Waals surface area contributed by atoms with E-state index >= 15 is 8.78 Å². The third kappa shape index (κ3) is 4.09. The number of nitrogens with zero attached hydrogens (tertiary/aromatic N) is 5. The molecule has 3 aliphatic heterocycles. The van der Waals surface area contributed by atoms with Crippen LogP contribution in [0.2, 0.25) is 0 Å². The molecule has 4 fully saturated rings. The summed E-state index contributed by atoms with van der Waals surface area (Å²) >= 11 is 0. The van der Waals surface area contributed by atoms with Crippen LogP contribution in [0.25, 0.3) is 32.9 Å². The quantitative estimate of drug-likeness (QED) is 0.267. The molecular weight excluding hydrogens is 520 g/mol. The third-order valence-electron chi connectivity index (χ3n) is 10.3. The zero-order valence-electron chi connectivity index (χ0n) is 23.3. The smallest absolute Gasteiger partial charge is 0.319 e. The van der Waals surface area contributed by atoms with Gasteiger partial charge in [0.05, 0.1) is 10.9 Å². The summed E-state index contributed by atoms with van der Waals surface area (Å²) < 4.78 is 38.0. The Morgan fingerprint density at radius 2 is 1.71 bits per heavy atom. The average molecular weight is 556 g/mol. The molecule has 5 heterocycles. The first-order valence-electron chi connectivity index (χ1n) is 15.3. The van der Waals surface area contributed by atoms with Crippen molar-refractivity contribution in [2.75, 3.05) is 31.1 Å². The molecule has 8 rings (SSSR count). The Morgan fingerprint density at radius 1 is 0.902 bits per heavy atom. The van der Waals surface area contributed by atoms with Gasteiger partial charge < -0.3 is 9.64 Å². The summed E-state index contributed by atoms with van der Waals surface area (Å²) in [6.45, 7) is 3.60. The highest BCUT2D eigenvalue weighted by Gasteiger charge is 2.45. The Labute approximate surface area is 238 Å². The van der Waals surface area contributed by atoms with Crippen LogP contribution in [0.3, 0.4) is 0 Å². The van der Waals surface area contributed by atoms with Crippen molar-refractivity contribution >= 4 is 27.5 Å². The number of fused-ring (bicyclic) bond motifs is 4. The average Bonchev–Trinajstić information content (AvgIpc) is 3.72. The Bertz CT molecular complexity index is 1630. The predicted octanol–water partition coefficient (Wildman–Crippen LogP) is 6.90. The highest BCUT2D eigenvalue weighted by Crippen LogP contribution is 2.43. The lowest BCUT2D eigenvalue weighted by molar-refractivity contribution is 0.108. The molecule has 0 amide bonds. The van der Waals surface area contributed by atoms with Gasteiger partial charge in [-0.05, 0) is 81.8 Å². The van der Waals surface area contributed by atoms with Gasteiger partial charge in [0, 0.05) is 29.7 Å². The molecule has 2 atom stereocenters. The molecule has 6 nitrogen and oxygen atoms in total. The number of rotatable bonds is 5. The molecular formula is C33H35F2N5O. The van der Waals surface area contributed by atoms with Crippen molar-refractivity contribution < 1.29 is 13.5 Å². The zero-order valence-corrected chi connectivity index (χ0v) is 23.3. The molecule has 212 valence electrons. The minimum absolute atomic E-state index is 0.0303. The van der Waals surface area contributed by atoms with Crippen LogP contribution in [-0.4, -0.2) is 57.7 Å². The van der Waals surface area contributed by atoms with E-state index in [0.29, 0.717) is 40.3 Å². The van der Waals surface area contributed by atoms with E-state index in [-0.39, 0.29) is 22.8 Å². The summed E-state index contributed by atoms with van der Waals surface area (Å²) in [5.74, 6) is 0.395. The predicted molar refractivity (Wildman–Crippen MR) is 156 cm³/mol. The number of benzene rings is 2. The number of ether oxygens (including phenoxy) is 1. The lowest BCUT2D eigenvalue weighted by Gasteiger charge is -2.39. The SMILES string of the molecule is Fc1c(-c2cccc3cccc(F)c23)ncc2c(N3CCCC4CCCC43)nc(OCC34CCCN3CCC4)nc12. The van der Waals surface area contributed by atoms with E-state index in [4.69, 9.17) is 9.72 Å². The second-order valence-electron chi connectivity index (χ2n) is 12.5. The molecule has 0 N–H and O–H groups in total. The van der Waals surface area contributed by atoms with E-state index in [2.05, 4.69) is 19.8 Å². The van der Waals surface area contributed by atoms with Crippen LogP contribution >= 0.6 is 0 Å². The van der Waals surface area contributed by atoms with E-state index in [1.807, 2.05) is 18.2 Å². The molecule has 0 radical (unpaired) electrons. The minimum atomic E-state index is -0.562. The second kappa shape index (κ2) is 9.86. The van der Waals surface area contributed by atoms with Gasteiger partial charge in [-0.2, -0.15) is 9.97 Å². The van der Waals surface area contributed by atoms with Crippen molar-refractivity contribution in [1.29, 1.82) is 0 Å². The molecule has 1 saturated carbocycles. The number of hydrogen-bond donors (Lipinski definition) is 0. The van der Waals surface area contributed by atoms with Crippen LogP contribution in [0.5, 0.6) is 6.01 Å². The zero-order chi connectivity index (χ0) is 27.6. The first-order valence-corrected chi connectivity index (χ1v) is 15.3. The number of hydrogen-bond acceptors (Lipinski definition) is 6. The topological polar surface area (TPSA) is 54.4 Å². The largest absolute Gasteiger partial charge is 0.461 e. The number of anilines is 1. The third-order valence-corrected chi connectivity index (χ3v) is 10.3. The van der Waals surface area contributed by atoms with Crippen LogP contribution in [0.15, 0.2) is 42.6 Å². The first kappa shape index (κ1) is 25.3. The fourth-order valence-electron chi connectivity index (χ4n) is 8.36. The highest BCUT2D eigenvalue weighted by atomic mass is 19.1. The van der Waals surface area contributed by atoms with Gasteiger partial charge in [-0.3, -0.25) is 9.88 Å². The van der Waals surface area contributed by atoms with Gasteiger partial charge in [0.1, 0.15) is 29.5 Å². The first-order chi connectivity index (χ1) is 20.1. The summed E-state index contributed by atoms with van der Waals surface area (Å²) in [6.07, 6.45) is 12.1. The lowest BCUT2D eigenvalue weighted by Crippen LogP contribution is -2.44. The van der Waals surface area contributed by atoms with E-state index < -0.39 is 11.6 Å². The van der Waals surface area contributed by atoms with Crippen molar-refractivity contribution in [2.24, 2.45) is 5.92 Å². The van der Waals surface area contributed by atoms with Crippen molar-refractivity contribution in [3.63, 3.8) is 0 Å². The van der Waals surface area contributed by atoms with Gasteiger partial charge in [0.25, 0.3) is 0 Å². The monoisotopic (exact) mass is 555 g/mol. The van der Waals surface area contributed by atoms with Crippen LogP contribution < -0.4 is 9.64 Å². The standard InChI is InChI=1S/C33H35F2N5O/c34-25-12-2-9-22-8-1-11-23(27(22)25)29-28(35)30-24(19-36-29)31(40-18-4-10-21-7-3-13-26(21)40)38-32(37-30)41-20-33-14-5-16-39(33)17-6-15-33/h1-2,8-9,11-12,19,21,26H,3-7,10,13-18,20H2. The summed E-state index contributed by atoms with van der Waals surface area (Å²) in [4.78, 5) is 19.2. The van der Waals surface area contributed by atoms with E-state index in [0.717, 1.165) is 51.1 Å². The number of piperidine rings is 1. The van der Waals surface area contributed by atoms with E-state index in [1.54, 1.807) is 18.3 Å². The molecule has 3 saturated heterocycles. The van der Waals surface area contributed by atoms with E-state index in [9.17, 15) is 0 Å². The van der Waals surface area contributed by atoms with Crippen molar-refractivity contribution in [2.45, 2.75) is 69.4 Å². The van der Waals surface area contributed by atoms with Crippen molar-refractivity contribution in [3.05, 3.63) is 54.2 Å². The van der Waals surface area contributed by atoms with Crippen LogP contribution in [0, 0.1) is 17.6 Å². The fourth-order valence-corrected chi connectivity index (χ4v) is 8.36. The van der Waals surface area contributed by atoms with Gasteiger partial charge in [0.2, 0.25) is 0 Å². The Kier molecular flexibility index (Phi) is 6.09. The summed E-state index contributed by atoms with van der Waals surface area (Å²) in [5, 5.41) is 1.65. The fraction of sp³-hybridized carbons (Fsp3) is 0.485. The number of halogens is 2. The van der Waals surface area contributed by atoms with Gasteiger partial charge in [-0.25, -0.2) is 8.78 Å². The summed E-state index contributed by atoms with van der Waals surface area (Å²) in [5.41, 5.74) is 0.735. The van der Waals surface area contributed by atoms with Crippen molar-refractivity contribution in [1.82, 2.24) is 19.9 Å². The minimum Gasteiger partial charge on any atom is -0.461 e. The maximum absolute atomic E-state index is 16.6. The number of pyridine rings is 1. The van der Waals surface area contributed by atoms with Gasteiger partial charge in [0.15, 0.2) is 5.82 Å². The molecule has 41 heavy (non-hydrogen) atoms. The Balaban J connectivity index is 1.27. The normalized spacial score (nSPS) is 23.8. The van der Waals surface area contributed by atoms with Crippen LogP contribution in [0.4, 0.5) is 14.6 Å². The van der Waals surface area contributed by atoms with Gasteiger partial charge >= 0.3 is 6.01 Å². The molecule has 4 aliphatic rings. The maximum atomic E-state index is 16.6. The Hall–Kier alpha value is -3.39. The molecule has 8 heteroatoms. The molecule has 2 aromatic carbocycles. The number of aromatic nitrogens is 3. The molecule has 2 aromatic heterocycles.